The summed E-state index contributed by atoms with van der Waals surface area (Å²) in [6.07, 6.45) is 10.3. The van der Waals surface area contributed by atoms with Crippen molar-refractivity contribution in [2.75, 3.05) is 0 Å². The smallest absolute Gasteiger partial charge is 0.147 e. The Morgan fingerprint density at radius 1 is 1.00 bits per heavy atom. The number of aromatic nitrogens is 1. The van der Waals surface area contributed by atoms with Crippen molar-refractivity contribution in [3.63, 3.8) is 0 Å². The van der Waals surface area contributed by atoms with Crippen LogP contribution < -0.4 is 3.40 Å². The van der Waals surface area contributed by atoms with Crippen molar-refractivity contribution in [1.29, 1.82) is 0 Å². The van der Waals surface area contributed by atoms with Gasteiger partial charge in [-0.05, 0) is 0 Å². The molecule has 0 aromatic carbocycles. The van der Waals surface area contributed by atoms with Crippen molar-refractivity contribution < 1.29 is 18.3 Å². The SMILES string of the molecule is C[C](C)=[Zr]([C]1=CC=CC1)([c]1ccc[nH]1)([C](C)(C)C)[C](C)(C)C.Cl.Cl. The predicted molar refractivity (Wildman–Crippen MR) is 113 cm³/mol. The summed E-state index contributed by atoms with van der Waals surface area (Å²) in [5.41, 5.74) is 0. The molecule has 1 aromatic heterocycles. The number of aromatic amines is 1. The average Bonchev–Trinajstić information content (AvgIpc) is 2.97. The Morgan fingerprint density at radius 3 is 1.83 bits per heavy atom. The third kappa shape index (κ3) is 2.55. The van der Waals surface area contributed by atoms with E-state index >= 15 is 0 Å². The van der Waals surface area contributed by atoms with Gasteiger partial charge in [0.2, 0.25) is 0 Å². The maximum Gasteiger partial charge on any atom is -0.147 e. The summed E-state index contributed by atoms with van der Waals surface area (Å²) in [4.78, 5) is 3.69. The van der Waals surface area contributed by atoms with Crippen LogP contribution in [0.2, 0.25) is 6.25 Å². The maximum atomic E-state index is 3.69. The Balaban J connectivity index is 0.00000264. The summed E-state index contributed by atoms with van der Waals surface area (Å²) >= 11 is -3.78. The molecular weight excluding hydrogens is 416 g/mol. The second kappa shape index (κ2) is 7.38. The van der Waals surface area contributed by atoms with Gasteiger partial charge in [-0.15, -0.1) is 24.8 Å². The van der Waals surface area contributed by atoms with Crippen LogP contribution in [-0.2, 0) is 18.3 Å². The van der Waals surface area contributed by atoms with E-state index in [0.717, 1.165) is 6.42 Å². The number of hydrogen-bond donors (Lipinski definition) is 1. The molecule has 1 aromatic rings. The first-order chi connectivity index (χ1) is 10.0. The van der Waals surface area contributed by atoms with E-state index in [4.69, 9.17) is 0 Å². The van der Waals surface area contributed by atoms with Gasteiger partial charge in [0.25, 0.3) is 0 Å². The molecule has 0 saturated carbocycles. The number of hydrogen-bond acceptors (Lipinski definition) is 0. The van der Waals surface area contributed by atoms with Crippen molar-refractivity contribution in [3.8, 4) is 0 Å². The zero-order valence-corrected chi connectivity index (χ0v) is 20.6. The standard InChI is InChI=1S/C5H5.C4H4N.2C4H9.C3H6.2ClH.Zr/c2*1-2-4-5-3-1;2*1-4(2)3;1-3-2;;;/h1-3H,4H2;1-3,5H;2*1-3H3;1-2H3;2*1H;. The number of allylic oxidation sites excluding steroid dienone is 4. The molecule has 2 rings (SSSR count). The normalized spacial score (nSPS) is 15.5. The van der Waals surface area contributed by atoms with Crippen LogP contribution in [0.1, 0.15) is 61.8 Å². The van der Waals surface area contributed by atoms with E-state index in [2.05, 4.69) is 96.9 Å². The first kappa shape index (κ1) is 24.1. The monoisotopic (exact) mass is 449 g/mol. The summed E-state index contributed by atoms with van der Waals surface area (Å²) in [5, 5.41) is 0. The molecule has 0 fully saturated rings. The molecule has 0 saturated heterocycles. The van der Waals surface area contributed by atoms with Gasteiger partial charge >= 0.3 is 138 Å². The summed E-state index contributed by atoms with van der Waals surface area (Å²) in [5.74, 6) is 0. The molecule has 1 N–H and O–H groups in total. The van der Waals surface area contributed by atoms with Gasteiger partial charge in [-0.2, -0.15) is 0 Å². The molecule has 0 spiro atoms. The van der Waals surface area contributed by atoms with Crippen molar-refractivity contribution in [2.45, 2.75) is 68.1 Å². The maximum absolute atomic E-state index is 3.78. The molecule has 0 radical (unpaired) electrons. The van der Waals surface area contributed by atoms with Gasteiger partial charge in [-0.25, -0.2) is 0 Å². The Hall–Kier alpha value is 0.0931. The topological polar surface area (TPSA) is 15.8 Å². The molecule has 138 valence electrons. The van der Waals surface area contributed by atoms with Crippen LogP contribution in [0.15, 0.2) is 39.8 Å². The molecular formula is C20H35Cl2NZr. The number of rotatable bonds is 2. The van der Waals surface area contributed by atoms with Gasteiger partial charge < -0.3 is 0 Å². The van der Waals surface area contributed by atoms with E-state index < -0.39 is 18.3 Å². The number of halogens is 2. The molecule has 1 heterocycles. The van der Waals surface area contributed by atoms with Crippen LogP contribution in [0.25, 0.3) is 0 Å². The second-order valence-electron chi connectivity index (χ2n) is 9.16. The molecule has 1 aliphatic carbocycles. The van der Waals surface area contributed by atoms with Crippen LogP contribution in [0, 0.1) is 0 Å². The first-order valence-electron chi connectivity index (χ1n) is 8.46. The van der Waals surface area contributed by atoms with Gasteiger partial charge in [0.1, 0.15) is 0 Å². The minimum absolute atomic E-state index is 0. The van der Waals surface area contributed by atoms with Crippen LogP contribution in [0.5, 0.6) is 0 Å². The van der Waals surface area contributed by atoms with E-state index in [-0.39, 0.29) is 31.1 Å². The summed E-state index contributed by atoms with van der Waals surface area (Å²) in [6.45, 7) is 19.7. The molecule has 1 nitrogen and oxygen atoms in total. The summed E-state index contributed by atoms with van der Waals surface area (Å²) in [7, 11) is 0. The molecule has 0 unspecified atom stereocenters. The molecule has 0 aliphatic heterocycles. The Morgan fingerprint density at radius 2 is 1.54 bits per heavy atom. The van der Waals surface area contributed by atoms with Crippen molar-refractivity contribution in [1.82, 2.24) is 4.98 Å². The second-order valence-corrected chi connectivity index (χ2v) is 28.0. The van der Waals surface area contributed by atoms with Crippen LogP contribution >= 0.6 is 24.8 Å². The molecule has 0 atom stereocenters. The average molecular weight is 452 g/mol. The van der Waals surface area contributed by atoms with E-state index in [0.29, 0.717) is 0 Å². The van der Waals surface area contributed by atoms with Crippen LogP contribution in [0.4, 0.5) is 0 Å². The molecule has 0 amide bonds. The van der Waals surface area contributed by atoms with Gasteiger partial charge in [0.05, 0.1) is 0 Å². The number of H-pyrrole nitrogens is 1. The summed E-state index contributed by atoms with van der Waals surface area (Å²) < 4.78 is 5.38. The van der Waals surface area contributed by atoms with Crippen LogP contribution in [-0.4, -0.2) is 8.19 Å². The molecule has 4 heteroatoms. The fourth-order valence-electron chi connectivity index (χ4n) is 6.62. The van der Waals surface area contributed by atoms with Gasteiger partial charge in [0, 0.05) is 0 Å². The number of nitrogens with one attached hydrogen (secondary N) is 1. The van der Waals surface area contributed by atoms with Gasteiger partial charge in [0.15, 0.2) is 0 Å². The van der Waals surface area contributed by atoms with Crippen LogP contribution in [0.3, 0.4) is 0 Å². The van der Waals surface area contributed by atoms with Crippen molar-refractivity contribution in [3.05, 3.63) is 39.8 Å². The van der Waals surface area contributed by atoms with E-state index in [1.54, 1.807) is 6.49 Å². The zero-order valence-electron chi connectivity index (χ0n) is 16.5. The van der Waals surface area contributed by atoms with Crippen molar-refractivity contribution >= 4 is 31.4 Å². The van der Waals surface area contributed by atoms with E-state index in [1.807, 2.05) is 0 Å². The molecule has 0 bridgehead atoms. The largest absolute Gasteiger partial charge is 0.147 e. The minimum Gasteiger partial charge on any atom is -0.147 e. The third-order valence-corrected chi connectivity index (χ3v) is 33.7. The fraction of sp³-hybridized carbons (Fsp3) is 0.550. The zero-order chi connectivity index (χ0) is 16.8. The Bertz CT molecular complexity index is 671. The van der Waals surface area contributed by atoms with Gasteiger partial charge in [-0.1, -0.05) is 0 Å². The molecule has 1 aliphatic rings. The fourth-order valence-corrected chi connectivity index (χ4v) is 36.3. The van der Waals surface area contributed by atoms with Gasteiger partial charge in [-0.3, -0.25) is 0 Å². The quantitative estimate of drug-likeness (QED) is 0.517. The third-order valence-electron chi connectivity index (χ3n) is 6.55. The minimum atomic E-state index is -3.78. The van der Waals surface area contributed by atoms with E-state index in [1.165, 1.54) is 3.40 Å². The van der Waals surface area contributed by atoms with E-state index in [9.17, 15) is 0 Å². The summed E-state index contributed by atoms with van der Waals surface area (Å²) in [6, 6.07) is 4.56. The molecule has 24 heavy (non-hydrogen) atoms. The first-order valence-corrected chi connectivity index (χ1v) is 14.6. The Labute approximate surface area is 161 Å². The Kier molecular flexibility index (Phi) is 7.40. The van der Waals surface area contributed by atoms with Crippen molar-refractivity contribution in [2.24, 2.45) is 0 Å². The predicted octanol–water partition coefficient (Wildman–Crippen LogP) is 6.67.